The smallest absolute Gasteiger partial charge is 0.326 e. The van der Waals surface area contributed by atoms with Gasteiger partial charge in [0.25, 0.3) is 0 Å². The second-order valence-corrected chi connectivity index (χ2v) is 5.17. The maximum absolute atomic E-state index is 11.9. The molecule has 0 aliphatic carbocycles. The van der Waals surface area contributed by atoms with Gasteiger partial charge in [0, 0.05) is 18.7 Å². The van der Waals surface area contributed by atoms with Crippen molar-refractivity contribution in [3.05, 3.63) is 17.5 Å². The minimum Gasteiger partial charge on any atom is -0.480 e. The predicted molar refractivity (Wildman–Crippen MR) is 75.3 cm³/mol. The molecule has 0 radical (unpaired) electrons. The van der Waals surface area contributed by atoms with Crippen molar-refractivity contribution in [1.82, 2.24) is 15.1 Å². The summed E-state index contributed by atoms with van der Waals surface area (Å²) in [4.78, 5) is 23.0. The van der Waals surface area contributed by atoms with Gasteiger partial charge in [-0.3, -0.25) is 9.48 Å². The largest absolute Gasteiger partial charge is 0.480 e. The summed E-state index contributed by atoms with van der Waals surface area (Å²) in [6.45, 7) is 8.01. The fraction of sp³-hybridized carbons (Fsp3) is 0.643. The summed E-state index contributed by atoms with van der Waals surface area (Å²) in [5, 5.41) is 16.0. The highest BCUT2D eigenvalue weighted by molar-refractivity contribution is 5.83. The van der Waals surface area contributed by atoms with E-state index in [-0.39, 0.29) is 18.2 Å². The van der Waals surface area contributed by atoms with Crippen molar-refractivity contribution in [3.63, 3.8) is 0 Å². The lowest BCUT2D eigenvalue weighted by molar-refractivity contribution is -0.143. The number of aromatic nitrogens is 2. The molecule has 1 aromatic heterocycles. The molecule has 0 aliphatic heterocycles. The lowest BCUT2D eigenvalue weighted by Gasteiger charge is -2.20. The van der Waals surface area contributed by atoms with Gasteiger partial charge in [0.2, 0.25) is 5.91 Å². The van der Waals surface area contributed by atoms with Crippen LogP contribution in [0.25, 0.3) is 0 Å². The van der Waals surface area contributed by atoms with E-state index in [0.717, 1.165) is 11.4 Å². The van der Waals surface area contributed by atoms with E-state index in [1.807, 2.05) is 33.8 Å². The van der Waals surface area contributed by atoms with E-state index < -0.39 is 12.0 Å². The van der Waals surface area contributed by atoms with E-state index in [2.05, 4.69) is 10.4 Å². The summed E-state index contributed by atoms with van der Waals surface area (Å²) in [5.74, 6) is -1.34. The third kappa shape index (κ3) is 4.36. The van der Waals surface area contributed by atoms with Crippen LogP contribution >= 0.6 is 0 Å². The Morgan fingerprint density at radius 3 is 2.55 bits per heavy atom. The van der Waals surface area contributed by atoms with Gasteiger partial charge in [0.15, 0.2) is 0 Å². The number of amides is 1. The van der Waals surface area contributed by atoms with Gasteiger partial charge < -0.3 is 10.4 Å². The number of rotatable bonds is 7. The maximum atomic E-state index is 11.9. The van der Waals surface area contributed by atoms with E-state index in [9.17, 15) is 9.59 Å². The highest BCUT2D eigenvalue weighted by Gasteiger charge is 2.25. The zero-order valence-electron chi connectivity index (χ0n) is 12.5. The molecule has 6 nitrogen and oxygen atoms in total. The molecule has 0 spiro atoms. The number of hydrogen-bond donors (Lipinski definition) is 2. The van der Waals surface area contributed by atoms with Crippen molar-refractivity contribution in [1.29, 1.82) is 0 Å². The first-order valence-electron chi connectivity index (χ1n) is 6.88. The molecule has 20 heavy (non-hydrogen) atoms. The molecule has 1 amide bonds. The van der Waals surface area contributed by atoms with Gasteiger partial charge in [-0.2, -0.15) is 5.10 Å². The number of nitrogens with zero attached hydrogens (tertiary/aromatic N) is 2. The standard InChI is InChI=1S/C14H23N3O3/c1-5-9(2)13(14(19)20)15-12(18)6-7-17-11(4)8-10(3)16-17/h8-9,13H,5-7H2,1-4H3,(H,15,18)(H,19,20)/t9-,13-/m0/s1. The Bertz CT molecular complexity index is 482. The summed E-state index contributed by atoms with van der Waals surface area (Å²) >= 11 is 0. The zero-order valence-corrected chi connectivity index (χ0v) is 12.5. The highest BCUT2D eigenvalue weighted by Crippen LogP contribution is 2.08. The minimum absolute atomic E-state index is 0.0925. The van der Waals surface area contributed by atoms with Crippen molar-refractivity contribution >= 4 is 11.9 Å². The molecule has 1 heterocycles. The Morgan fingerprint density at radius 2 is 2.10 bits per heavy atom. The summed E-state index contributed by atoms with van der Waals surface area (Å²) in [7, 11) is 0. The van der Waals surface area contributed by atoms with Crippen LogP contribution < -0.4 is 5.32 Å². The van der Waals surface area contributed by atoms with Crippen molar-refractivity contribution in [3.8, 4) is 0 Å². The van der Waals surface area contributed by atoms with Crippen LogP contribution in [0.3, 0.4) is 0 Å². The molecule has 2 atom stereocenters. The van der Waals surface area contributed by atoms with Crippen molar-refractivity contribution in [2.75, 3.05) is 0 Å². The van der Waals surface area contributed by atoms with Gasteiger partial charge in [-0.05, 0) is 25.8 Å². The van der Waals surface area contributed by atoms with E-state index in [4.69, 9.17) is 5.11 Å². The Balaban J connectivity index is 2.54. The molecule has 112 valence electrons. The molecule has 0 saturated heterocycles. The number of carbonyl (C=O) groups is 2. The SMILES string of the molecule is CC[C@H](C)[C@H](NC(=O)CCn1nc(C)cc1C)C(=O)O. The Morgan fingerprint density at radius 1 is 1.45 bits per heavy atom. The Labute approximate surface area is 119 Å². The van der Waals surface area contributed by atoms with Crippen molar-refractivity contribution in [2.45, 2.75) is 53.1 Å². The third-order valence-electron chi connectivity index (χ3n) is 3.45. The van der Waals surface area contributed by atoms with E-state index in [0.29, 0.717) is 13.0 Å². The minimum atomic E-state index is -0.987. The third-order valence-corrected chi connectivity index (χ3v) is 3.45. The molecule has 0 bridgehead atoms. The summed E-state index contributed by atoms with van der Waals surface area (Å²) in [6, 6.07) is 1.12. The maximum Gasteiger partial charge on any atom is 0.326 e. The number of aryl methyl sites for hydroxylation is 3. The summed E-state index contributed by atoms with van der Waals surface area (Å²) in [6.07, 6.45) is 0.927. The molecule has 0 saturated carbocycles. The molecular formula is C14H23N3O3. The quantitative estimate of drug-likeness (QED) is 0.793. The van der Waals surface area contributed by atoms with Crippen LogP contribution in [-0.2, 0) is 16.1 Å². The number of hydrogen-bond acceptors (Lipinski definition) is 3. The van der Waals surface area contributed by atoms with E-state index in [1.54, 1.807) is 4.68 Å². The van der Waals surface area contributed by atoms with Crippen LogP contribution in [0, 0.1) is 19.8 Å². The van der Waals surface area contributed by atoms with Crippen molar-refractivity contribution in [2.24, 2.45) is 5.92 Å². The molecule has 0 fully saturated rings. The Hall–Kier alpha value is -1.85. The second-order valence-electron chi connectivity index (χ2n) is 5.17. The van der Waals surface area contributed by atoms with E-state index >= 15 is 0 Å². The van der Waals surface area contributed by atoms with Crippen molar-refractivity contribution < 1.29 is 14.7 Å². The normalized spacial score (nSPS) is 13.8. The number of carboxylic acids is 1. The van der Waals surface area contributed by atoms with Gasteiger partial charge in [0.05, 0.1) is 5.69 Å². The Kier molecular flexibility index (Phi) is 5.73. The summed E-state index contributed by atoms with van der Waals surface area (Å²) < 4.78 is 1.76. The average molecular weight is 281 g/mol. The average Bonchev–Trinajstić information content (AvgIpc) is 2.70. The molecule has 1 aromatic rings. The molecular weight excluding hydrogens is 258 g/mol. The number of carbonyl (C=O) groups excluding carboxylic acids is 1. The zero-order chi connectivity index (χ0) is 15.3. The molecule has 0 aliphatic rings. The monoisotopic (exact) mass is 281 g/mol. The van der Waals surface area contributed by atoms with Gasteiger partial charge in [-0.1, -0.05) is 20.3 Å². The molecule has 1 rings (SSSR count). The second kappa shape index (κ2) is 7.07. The lowest BCUT2D eigenvalue weighted by atomic mass is 9.99. The van der Waals surface area contributed by atoms with Crippen LogP contribution in [0.2, 0.25) is 0 Å². The first-order valence-corrected chi connectivity index (χ1v) is 6.88. The topological polar surface area (TPSA) is 84.2 Å². The number of carboxylic acid groups (broad SMARTS) is 1. The first-order chi connectivity index (χ1) is 9.35. The van der Waals surface area contributed by atoms with Gasteiger partial charge >= 0.3 is 5.97 Å². The highest BCUT2D eigenvalue weighted by atomic mass is 16.4. The number of nitrogens with one attached hydrogen (secondary N) is 1. The molecule has 0 unspecified atom stereocenters. The van der Waals surface area contributed by atoms with Gasteiger partial charge in [0.1, 0.15) is 6.04 Å². The van der Waals surface area contributed by atoms with Crippen LogP contribution in [0.5, 0.6) is 0 Å². The summed E-state index contributed by atoms with van der Waals surface area (Å²) in [5.41, 5.74) is 1.90. The fourth-order valence-corrected chi connectivity index (χ4v) is 2.04. The van der Waals surface area contributed by atoms with Crippen LogP contribution in [-0.4, -0.2) is 32.8 Å². The van der Waals surface area contributed by atoms with Crippen LogP contribution in [0.1, 0.15) is 38.1 Å². The van der Waals surface area contributed by atoms with E-state index in [1.165, 1.54) is 0 Å². The molecule has 0 aromatic carbocycles. The van der Waals surface area contributed by atoms with Crippen LogP contribution in [0.4, 0.5) is 0 Å². The van der Waals surface area contributed by atoms with Gasteiger partial charge in [-0.25, -0.2) is 4.79 Å². The van der Waals surface area contributed by atoms with Gasteiger partial charge in [-0.15, -0.1) is 0 Å². The lowest BCUT2D eigenvalue weighted by Crippen LogP contribution is -2.45. The number of aliphatic carboxylic acids is 1. The predicted octanol–water partition coefficient (Wildman–Crippen LogP) is 1.51. The molecule has 2 N–H and O–H groups in total. The fourth-order valence-electron chi connectivity index (χ4n) is 2.04. The molecule has 6 heteroatoms. The first kappa shape index (κ1) is 16.2. The van der Waals surface area contributed by atoms with Crippen LogP contribution in [0.15, 0.2) is 6.07 Å².